The first-order valence-corrected chi connectivity index (χ1v) is 11.6. The van der Waals surface area contributed by atoms with Crippen LogP contribution in [-0.4, -0.2) is 44.4 Å². The molecular formula is C21H34N2O4S. The van der Waals surface area contributed by atoms with Gasteiger partial charge in [0, 0.05) is 24.2 Å². The number of rotatable bonds is 8. The van der Waals surface area contributed by atoms with Crippen LogP contribution in [0.2, 0.25) is 0 Å². The number of ether oxygens (including phenoxy) is 1. The quantitative estimate of drug-likeness (QED) is 0.707. The molecule has 1 saturated heterocycles. The molecule has 6 nitrogen and oxygen atoms in total. The molecule has 0 aromatic heterocycles. The molecule has 0 radical (unpaired) electrons. The Bertz CT molecular complexity index is 777. The van der Waals surface area contributed by atoms with Crippen LogP contribution in [0.1, 0.15) is 70.2 Å². The van der Waals surface area contributed by atoms with Gasteiger partial charge in [-0.1, -0.05) is 20.3 Å². The summed E-state index contributed by atoms with van der Waals surface area (Å²) in [5.41, 5.74) is 0.334. The largest absolute Gasteiger partial charge is 0.495 e. The van der Waals surface area contributed by atoms with E-state index in [1.54, 1.807) is 12.1 Å². The van der Waals surface area contributed by atoms with Crippen molar-refractivity contribution in [2.45, 2.75) is 76.8 Å². The zero-order valence-corrected chi connectivity index (χ0v) is 18.5. The molecule has 0 aliphatic carbocycles. The zero-order valence-electron chi connectivity index (χ0n) is 17.7. The third-order valence-electron chi connectivity index (χ3n) is 5.31. The Morgan fingerprint density at radius 3 is 2.57 bits per heavy atom. The Morgan fingerprint density at radius 1 is 1.25 bits per heavy atom. The van der Waals surface area contributed by atoms with Crippen molar-refractivity contribution >= 4 is 15.9 Å². The first kappa shape index (κ1) is 22.7. The summed E-state index contributed by atoms with van der Waals surface area (Å²) in [7, 11) is -2.29. The third-order valence-corrected chi connectivity index (χ3v) is 7.34. The van der Waals surface area contributed by atoms with Gasteiger partial charge in [0.05, 0.1) is 7.11 Å². The maximum Gasteiger partial charge on any atom is 0.251 e. The summed E-state index contributed by atoms with van der Waals surface area (Å²) in [6, 6.07) is 4.59. The van der Waals surface area contributed by atoms with Crippen molar-refractivity contribution in [2.24, 2.45) is 5.92 Å². The Kier molecular flexibility index (Phi) is 7.89. The zero-order chi connectivity index (χ0) is 20.9. The predicted octanol–water partition coefficient (Wildman–Crippen LogP) is 3.81. The Hall–Kier alpha value is -1.60. The highest BCUT2D eigenvalue weighted by molar-refractivity contribution is 7.89. The predicted molar refractivity (Wildman–Crippen MR) is 111 cm³/mol. The number of amides is 1. The number of carbonyl (C=O) groups is 1. The van der Waals surface area contributed by atoms with Crippen LogP contribution in [0, 0.1) is 5.92 Å². The molecule has 2 unspecified atom stereocenters. The lowest BCUT2D eigenvalue weighted by atomic mass is 10.0. The van der Waals surface area contributed by atoms with Crippen molar-refractivity contribution in [2.75, 3.05) is 13.7 Å². The first-order valence-electron chi connectivity index (χ1n) is 10.2. The molecule has 2 atom stereocenters. The minimum atomic E-state index is -3.73. The maximum absolute atomic E-state index is 13.3. The molecule has 0 spiro atoms. The molecule has 0 bridgehead atoms. The molecule has 28 heavy (non-hydrogen) atoms. The minimum Gasteiger partial charge on any atom is -0.495 e. The monoisotopic (exact) mass is 410 g/mol. The summed E-state index contributed by atoms with van der Waals surface area (Å²) >= 11 is 0. The summed E-state index contributed by atoms with van der Waals surface area (Å²) in [6.07, 6.45) is 4.63. The van der Waals surface area contributed by atoms with Crippen LogP contribution in [0.25, 0.3) is 0 Å². The fraction of sp³-hybridized carbons (Fsp3) is 0.667. The van der Waals surface area contributed by atoms with Gasteiger partial charge in [0.1, 0.15) is 10.6 Å². The van der Waals surface area contributed by atoms with Crippen molar-refractivity contribution in [3.63, 3.8) is 0 Å². The molecule has 1 heterocycles. The van der Waals surface area contributed by atoms with Crippen molar-refractivity contribution in [3.8, 4) is 5.75 Å². The fourth-order valence-electron chi connectivity index (χ4n) is 3.54. The normalized spacial score (nSPS) is 19.4. The summed E-state index contributed by atoms with van der Waals surface area (Å²) in [4.78, 5) is 12.7. The second-order valence-electron chi connectivity index (χ2n) is 8.17. The molecule has 1 amide bonds. The lowest BCUT2D eigenvalue weighted by molar-refractivity contribution is 0.0937. The summed E-state index contributed by atoms with van der Waals surface area (Å²) < 4.78 is 33.4. The molecule has 1 aromatic carbocycles. The van der Waals surface area contributed by atoms with Crippen LogP contribution >= 0.6 is 0 Å². The van der Waals surface area contributed by atoms with Crippen LogP contribution in [0.5, 0.6) is 5.75 Å². The van der Waals surface area contributed by atoms with Gasteiger partial charge in [-0.05, 0) is 63.6 Å². The van der Waals surface area contributed by atoms with Crippen LogP contribution in [0.3, 0.4) is 0 Å². The number of methoxy groups -OCH3 is 1. The highest BCUT2D eigenvalue weighted by atomic mass is 32.2. The van der Waals surface area contributed by atoms with E-state index in [0.29, 0.717) is 18.0 Å². The van der Waals surface area contributed by atoms with E-state index in [-0.39, 0.29) is 28.6 Å². The number of piperidine rings is 1. The molecule has 0 saturated carbocycles. The summed E-state index contributed by atoms with van der Waals surface area (Å²) in [5, 5.41) is 2.97. The van der Waals surface area contributed by atoms with Gasteiger partial charge in [-0.15, -0.1) is 0 Å². The van der Waals surface area contributed by atoms with Crippen LogP contribution in [-0.2, 0) is 10.0 Å². The number of benzene rings is 1. The van der Waals surface area contributed by atoms with Crippen LogP contribution < -0.4 is 10.1 Å². The average Bonchev–Trinajstić information content (AvgIpc) is 2.66. The topological polar surface area (TPSA) is 75.7 Å². The van der Waals surface area contributed by atoms with E-state index in [4.69, 9.17) is 4.74 Å². The molecule has 2 rings (SSSR count). The Balaban J connectivity index is 2.27. The molecule has 158 valence electrons. The van der Waals surface area contributed by atoms with E-state index in [1.165, 1.54) is 17.5 Å². The second kappa shape index (κ2) is 9.74. The average molecular weight is 411 g/mol. The second-order valence-corrected chi connectivity index (χ2v) is 10.0. The number of hydrogen-bond donors (Lipinski definition) is 1. The molecule has 1 N–H and O–H groups in total. The van der Waals surface area contributed by atoms with Gasteiger partial charge < -0.3 is 10.1 Å². The van der Waals surface area contributed by atoms with Gasteiger partial charge >= 0.3 is 0 Å². The lowest BCUT2D eigenvalue weighted by Gasteiger charge is -2.32. The molecule has 7 heteroatoms. The molecule has 1 aromatic rings. The molecular weight excluding hydrogens is 376 g/mol. The fourth-order valence-corrected chi connectivity index (χ4v) is 5.42. The van der Waals surface area contributed by atoms with Crippen LogP contribution in [0.4, 0.5) is 0 Å². The molecule has 1 aliphatic heterocycles. The van der Waals surface area contributed by atoms with E-state index in [9.17, 15) is 13.2 Å². The highest BCUT2D eigenvalue weighted by Gasteiger charge is 2.33. The van der Waals surface area contributed by atoms with E-state index < -0.39 is 10.0 Å². The number of hydrogen-bond acceptors (Lipinski definition) is 4. The van der Waals surface area contributed by atoms with Gasteiger partial charge in [-0.2, -0.15) is 4.31 Å². The van der Waals surface area contributed by atoms with Gasteiger partial charge in [-0.3, -0.25) is 4.79 Å². The van der Waals surface area contributed by atoms with Crippen LogP contribution in [0.15, 0.2) is 23.1 Å². The van der Waals surface area contributed by atoms with Crippen molar-refractivity contribution in [1.29, 1.82) is 0 Å². The minimum absolute atomic E-state index is 0.0270. The van der Waals surface area contributed by atoms with Gasteiger partial charge in [0.25, 0.3) is 5.91 Å². The van der Waals surface area contributed by atoms with Crippen molar-refractivity contribution in [1.82, 2.24) is 9.62 Å². The van der Waals surface area contributed by atoms with Crippen molar-refractivity contribution in [3.05, 3.63) is 23.8 Å². The van der Waals surface area contributed by atoms with Crippen molar-refractivity contribution < 1.29 is 17.9 Å². The highest BCUT2D eigenvalue weighted by Crippen LogP contribution is 2.31. The smallest absolute Gasteiger partial charge is 0.251 e. The lowest BCUT2D eigenvalue weighted by Crippen LogP contribution is -2.42. The van der Waals surface area contributed by atoms with E-state index in [0.717, 1.165) is 32.1 Å². The molecule has 1 fully saturated rings. The number of sulfonamides is 1. The third kappa shape index (κ3) is 5.47. The number of nitrogens with zero attached hydrogens (tertiary/aromatic N) is 1. The number of carbonyl (C=O) groups excluding carboxylic acids is 1. The molecule has 1 aliphatic rings. The first-order chi connectivity index (χ1) is 13.2. The Morgan fingerprint density at radius 2 is 1.96 bits per heavy atom. The summed E-state index contributed by atoms with van der Waals surface area (Å²) in [6.45, 7) is 8.69. The van der Waals surface area contributed by atoms with Gasteiger partial charge in [-0.25, -0.2) is 8.42 Å². The summed E-state index contributed by atoms with van der Waals surface area (Å²) in [5.74, 6) is 0.577. The number of nitrogens with one attached hydrogen (secondary N) is 1. The van der Waals surface area contributed by atoms with E-state index in [1.807, 2.05) is 13.8 Å². The SMILES string of the molecule is COc1ccc(C(=O)NC(C)CCC(C)C)cc1S(=O)(=O)N1CCCCC1C. The van der Waals surface area contributed by atoms with E-state index in [2.05, 4.69) is 19.2 Å². The maximum atomic E-state index is 13.3. The van der Waals surface area contributed by atoms with Gasteiger partial charge in [0.2, 0.25) is 10.0 Å². The van der Waals surface area contributed by atoms with E-state index >= 15 is 0 Å². The standard InChI is InChI=1S/C21H34N2O4S/c1-15(2)9-10-16(3)22-21(24)18-11-12-19(27-5)20(14-18)28(25,26)23-13-7-6-8-17(23)4/h11-12,14-17H,6-10,13H2,1-5H3,(H,22,24). The Labute approximate surface area is 169 Å². The van der Waals surface area contributed by atoms with Gasteiger partial charge in [0.15, 0.2) is 0 Å².